The number of benzene rings is 1. The molecule has 138 valence electrons. The number of carbonyl (C=O) groups is 1. The lowest BCUT2D eigenvalue weighted by molar-refractivity contribution is -0.117. The van der Waals surface area contributed by atoms with Crippen molar-refractivity contribution in [3.8, 4) is 0 Å². The summed E-state index contributed by atoms with van der Waals surface area (Å²) >= 11 is 0. The molecule has 0 bridgehead atoms. The highest BCUT2D eigenvalue weighted by Gasteiger charge is 2.26. The lowest BCUT2D eigenvalue weighted by Gasteiger charge is -2.22. The van der Waals surface area contributed by atoms with Crippen molar-refractivity contribution in [1.29, 1.82) is 0 Å². The molecule has 0 spiro atoms. The van der Waals surface area contributed by atoms with Gasteiger partial charge in [0.15, 0.2) is 0 Å². The molecule has 3 rings (SSSR count). The van der Waals surface area contributed by atoms with E-state index in [1.165, 1.54) is 24.2 Å². The van der Waals surface area contributed by atoms with E-state index in [1.807, 2.05) is 38.4 Å². The molecule has 0 radical (unpaired) electrons. The van der Waals surface area contributed by atoms with Gasteiger partial charge in [0.1, 0.15) is 0 Å². The standard InChI is InChI=1S/C22H29N3O/c1-16-14-19(17(2)25(16)20-11-12-20)10-13-22(26)23-21(15-24(3)4)18-8-6-5-7-9-18/h5-10,13-14,20-21H,11-12,15H2,1-4H3,(H,23,26)/b13-10+/t21-/m1/s1. The molecule has 0 aliphatic heterocycles. The van der Waals surface area contributed by atoms with Gasteiger partial charge in [-0.15, -0.1) is 0 Å². The molecule has 1 N–H and O–H groups in total. The summed E-state index contributed by atoms with van der Waals surface area (Å²) in [6.45, 7) is 5.05. The topological polar surface area (TPSA) is 37.3 Å². The summed E-state index contributed by atoms with van der Waals surface area (Å²) in [5.41, 5.74) is 4.78. The molecule has 1 aliphatic rings. The van der Waals surface area contributed by atoms with Gasteiger partial charge in [-0.25, -0.2) is 0 Å². The van der Waals surface area contributed by atoms with Crippen LogP contribution in [0.25, 0.3) is 6.08 Å². The largest absolute Gasteiger partial charge is 0.346 e. The molecule has 2 aromatic rings. The second kappa shape index (κ2) is 7.92. The van der Waals surface area contributed by atoms with Crippen LogP contribution >= 0.6 is 0 Å². The van der Waals surface area contributed by atoms with Gasteiger partial charge in [-0.1, -0.05) is 30.3 Å². The molecule has 1 aromatic carbocycles. The second-order valence-electron chi connectivity index (χ2n) is 7.50. The van der Waals surface area contributed by atoms with E-state index in [1.54, 1.807) is 6.08 Å². The van der Waals surface area contributed by atoms with Gasteiger partial charge in [0, 0.05) is 30.1 Å². The normalized spacial score (nSPS) is 15.6. The Morgan fingerprint density at radius 1 is 1.27 bits per heavy atom. The fourth-order valence-electron chi connectivity index (χ4n) is 3.54. The van der Waals surface area contributed by atoms with E-state index in [9.17, 15) is 4.79 Å². The lowest BCUT2D eigenvalue weighted by atomic mass is 10.1. The SMILES string of the molecule is Cc1cc(/C=C/C(=O)N[C@H](CN(C)C)c2ccccc2)c(C)n1C1CC1. The average molecular weight is 351 g/mol. The van der Waals surface area contributed by atoms with Crippen molar-refractivity contribution >= 4 is 12.0 Å². The number of nitrogens with zero attached hydrogens (tertiary/aromatic N) is 2. The van der Waals surface area contributed by atoms with Crippen molar-refractivity contribution < 1.29 is 4.79 Å². The van der Waals surface area contributed by atoms with E-state index in [-0.39, 0.29) is 11.9 Å². The molecule has 1 fully saturated rings. The number of aryl methyl sites for hydroxylation is 1. The van der Waals surface area contributed by atoms with Crippen molar-refractivity contribution in [1.82, 2.24) is 14.8 Å². The van der Waals surface area contributed by atoms with Gasteiger partial charge < -0.3 is 14.8 Å². The van der Waals surface area contributed by atoms with Gasteiger partial charge in [-0.05, 0) is 64.1 Å². The predicted molar refractivity (Wildman–Crippen MR) is 107 cm³/mol. The van der Waals surface area contributed by atoms with Crippen molar-refractivity contribution in [2.24, 2.45) is 0 Å². The minimum absolute atomic E-state index is 0.0257. The first kappa shape index (κ1) is 18.5. The Morgan fingerprint density at radius 3 is 2.58 bits per heavy atom. The number of hydrogen-bond acceptors (Lipinski definition) is 2. The smallest absolute Gasteiger partial charge is 0.244 e. The van der Waals surface area contributed by atoms with E-state index < -0.39 is 0 Å². The molecule has 1 aromatic heterocycles. The number of amides is 1. The summed E-state index contributed by atoms with van der Waals surface area (Å²) in [6.07, 6.45) is 6.13. The minimum Gasteiger partial charge on any atom is -0.346 e. The van der Waals surface area contributed by atoms with Crippen molar-refractivity contribution in [2.45, 2.75) is 38.8 Å². The van der Waals surface area contributed by atoms with Gasteiger partial charge in [0.05, 0.1) is 6.04 Å². The number of likely N-dealkylation sites (N-methyl/N-ethyl adjacent to an activating group) is 1. The molecule has 0 saturated heterocycles. The second-order valence-corrected chi connectivity index (χ2v) is 7.50. The van der Waals surface area contributed by atoms with Crippen molar-refractivity contribution in [3.05, 3.63) is 65.0 Å². The Balaban J connectivity index is 1.70. The molecule has 1 atom stereocenters. The monoisotopic (exact) mass is 351 g/mol. The van der Waals surface area contributed by atoms with Crippen LogP contribution in [0.2, 0.25) is 0 Å². The molecule has 1 saturated carbocycles. The van der Waals surface area contributed by atoms with Crippen LogP contribution in [0.5, 0.6) is 0 Å². The third-order valence-corrected chi connectivity index (χ3v) is 4.92. The molecule has 4 heteroatoms. The van der Waals surface area contributed by atoms with E-state index in [2.05, 4.69) is 46.8 Å². The van der Waals surface area contributed by atoms with Gasteiger partial charge in [0.2, 0.25) is 5.91 Å². The summed E-state index contributed by atoms with van der Waals surface area (Å²) in [5.74, 6) is -0.0584. The number of carbonyl (C=O) groups excluding carboxylic acids is 1. The summed E-state index contributed by atoms with van der Waals surface area (Å²) < 4.78 is 2.40. The van der Waals surface area contributed by atoms with Gasteiger partial charge in [-0.2, -0.15) is 0 Å². The summed E-state index contributed by atoms with van der Waals surface area (Å²) in [7, 11) is 4.04. The molecule has 1 amide bonds. The summed E-state index contributed by atoms with van der Waals surface area (Å²) in [5, 5.41) is 3.14. The quantitative estimate of drug-likeness (QED) is 0.769. The van der Waals surface area contributed by atoms with Crippen LogP contribution in [0.15, 0.2) is 42.5 Å². The third-order valence-electron chi connectivity index (χ3n) is 4.92. The van der Waals surface area contributed by atoms with Gasteiger partial charge in [-0.3, -0.25) is 4.79 Å². The number of nitrogens with one attached hydrogen (secondary N) is 1. The first-order valence-corrected chi connectivity index (χ1v) is 9.32. The van der Waals surface area contributed by atoms with Gasteiger partial charge in [0.25, 0.3) is 0 Å². The maximum absolute atomic E-state index is 12.5. The molecule has 1 heterocycles. The van der Waals surface area contributed by atoms with E-state index >= 15 is 0 Å². The minimum atomic E-state index is -0.0584. The van der Waals surface area contributed by atoms with Crippen LogP contribution in [0.4, 0.5) is 0 Å². The first-order chi connectivity index (χ1) is 12.5. The molecular weight excluding hydrogens is 322 g/mol. The molecule has 26 heavy (non-hydrogen) atoms. The zero-order valence-electron chi connectivity index (χ0n) is 16.2. The maximum atomic E-state index is 12.5. The number of hydrogen-bond donors (Lipinski definition) is 1. The van der Waals surface area contributed by atoms with E-state index in [0.717, 1.165) is 17.7 Å². The Kier molecular flexibility index (Phi) is 5.62. The molecule has 4 nitrogen and oxygen atoms in total. The predicted octanol–water partition coefficient (Wildman–Crippen LogP) is 3.87. The Bertz CT molecular complexity index is 785. The zero-order valence-corrected chi connectivity index (χ0v) is 16.2. The lowest BCUT2D eigenvalue weighted by Crippen LogP contribution is -2.34. The highest BCUT2D eigenvalue weighted by molar-refractivity contribution is 5.92. The Hall–Kier alpha value is -2.33. The fraction of sp³-hybridized carbons (Fsp3) is 0.409. The zero-order chi connectivity index (χ0) is 18.7. The first-order valence-electron chi connectivity index (χ1n) is 9.32. The summed E-state index contributed by atoms with van der Waals surface area (Å²) in [4.78, 5) is 14.6. The maximum Gasteiger partial charge on any atom is 0.244 e. The fourth-order valence-corrected chi connectivity index (χ4v) is 3.54. The Morgan fingerprint density at radius 2 is 1.96 bits per heavy atom. The molecular formula is C22H29N3O. The van der Waals surface area contributed by atoms with Crippen LogP contribution in [0.3, 0.4) is 0 Å². The summed E-state index contributed by atoms with van der Waals surface area (Å²) in [6, 6.07) is 12.9. The van der Waals surface area contributed by atoms with Crippen LogP contribution < -0.4 is 5.32 Å². The van der Waals surface area contributed by atoms with Crippen LogP contribution in [-0.4, -0.2) is 36.0 Å². The van der Waals surface area contributed by atoms with E-state index in [0.29, 0.717) is 6.04 Å². The van der Waals surface area contributed by atoms with E-state index in [4.69, 9.17) is 0 Å². The Labute approximate surface area is 156 Å². The van der Waals surface area contributed by atoms with Crippen LogP contribution in [0.1, 0.15) is 47.4 Å². The highest BCUT2D eigenvalue weighted by atomic mass is 16.1. The molecule has 1 aliphatic carbocycles. The highest BCUT2D eigenvalue weighted by Crippen LogP contribution is 2.38. The van der Waals surface area contributed by atoms with Crippen LogP contribution in [0, 0.1) is 13.8 Å². The third kappa shape index (κ3) is 4.44. The van der Waals surface area contributed by atoms with Gasteiger partial charge >= 0.3 is 0 Å². The number of aromatic nitrogens is 1. The van der Waals surface area contributed by atoms with Crippen molar-refractivity contribution in [3.63, 3.8) is 0 Å². The average Bonchev–Trinajstić information content (AvgIpc) is 3.39. The number of rotatable bonds is 7. The van der Waals surface area contributed by atoms with Crippen molar-refractivity contribution in [2.75, 3.05) is 20.6 Å². The van der Waals surface area contributed by atoms with Crippen LogP contribution in [-0.2, 0) is 4.79 Å². The molecule has 0 unspecified atom stereocenters.